The van der Waals surface area contributed by atoms with Gasteiger partial charge in [0.2, 0.25) is 0 Å². The van der Waals surface area contributed by atoms with E-state index in [0.29, 0.717) is 12.4 Å². The van der Waals surface area contributed by atoms with E-state index in [1.807, 2.05) is 36.4 Å². The highest BCUT2D eigenvalue weighted by Crippen LogP contribution is 2.17. The van der Waals surface area contributed by atoms with Crippen LogP contribution in [0.2, 0.25) is 0 Å². The molecule has 0 amide bonds. The van der Waals surface area contributed by atoms with Gasteiger partial charge in [-0.15, -0.1) is 11.6 Å². The van der Waals surface area contributed by atoms with Crippen LogP contribution < -0.4 is 5.32 Å². The van der Waals surface area contributed by atoms with Crippen LogP contribution in [0.3, 0.4) is 0 Å². The van der Waals surface area contributed by atoms with Crippen LogP contribution >= 0.6 is 27.5 Å². The number of alkyl halides is 1. The van der Waals surface area contributed by atoms with Gasteiger partial charge in [0, 0.05) is 22.2 Å². The second-order valence-corrected chi connectivity index (χ2v) is 4.80. The Labute approximate surface area is 114 Å². The van der Waals surface area contributed by atoms with Gasteiger partial charge in [0.05, 0.1) is 12.2 Å². The normalized spacial score (nSPS) is 10.2. The highest BCUT2D eigenvalue weighted by Gasteiger charge is 2.00. The standard InChI is InChI=1S/C13H12BrClN2/c14-11-5-6-12(16-8-11)9-17-13-4-2-1-3-10(13)7-15/h1-6,8,17H,7,9H2. The molecule has 4 heteroatoms. The van der Waals surface area contributed by atoms with E-state index in [2.05, 4.69) is 26.2 Å². The molecule has 0 unspecified atom stereocenters. The van der Waals surface area contributed by atoms with Gasteiger partial charge in [0.25, 0.3) is 0 Å². The molecule has 0 aliphatic rings. The number of pyridine rings is 1. The molecular weight excluding hydrogens is 300 g/mol. The Morgan fingerprint density at radius 1 is 1.18 bits per heavy atom. The van der Waals surface area contributed by atoms with E-state index in [1.165, 1.54) is 0 Å². The molecule has 88 valence electrons. The monoisotopic (exact) mass is 310 g/mol. The van der Waals surface area contributed by atoms with E-state index < -0.39 is 0 Å². The van der Waals surface area contributed by atoms with Crippen LogP contribution in [0.25, 0.3) is 0 Å². The van der Waals surface area contributed by atoms with E-state index in [0.717, 1.165) is 21.4 Å². The third kappa shape index (κ3) is 3.45. The Hall–Kier alpha value is -1.06. The van der Waals surface area contributed by atoms with Crippen LogP contribution in [0.4, 0.5) is 5.69 Å². The first-order valence-corrected chi connectivity index (χ1v) is 6.60. The molecule has 0 saturated carbocycles. The molecule has 1 aromatic heterocycles. The maximum atomic E-state index is 5.87. The zero-order valence-corrected chi connectivity index (χ0v) is 11.5. The van der Waals surface area contributed by atoms with E-state index >= 15 is 0 Å². The molecule has 0 radical (unpaired) electrons. The molecule has 2 rings (SSSR count). The van der Waals surface area contributed by atoms with Crippen LogP contribution in [0, 0.1) is 0 Å². The van der Waals surface area contributed by atoms with Crippen LogP contribution in [0.15, 0.2) is 47.1 Å². The van der Waals surface area contributed by atoms with Crippen molar-refractivity contribution in [3.63, 3.8) is 0 Å². The first-order chi connectivity index (χ1) is 8.29. The van der Waals surface area contributed by atoms with Gasteiger partial charge in [-0.2, -0.15) is 0 Å². The Morgan fingerprint density at radius 2 is 2.00 bits per heavy atom. The molecule has 0 bridgehead atoms. The van der Waals surface area contributed by atoms with Crippen molar-refractivity contribution in [3.05, 3.63) is 58.3 Å². The molecule has 0 fully saturated rings. The van der Waals surface area contributed by atoms with Gasteiger partial charge in [-0.05, 0) is 39.7 Å². The Morgan fingerprint density at radius 3 is 2.71 bits per heavy atom. The average molecular weight is 312 g/mol. The van der Waals surface area contributed by atoms with Crippen LogP contribution in [-0.2, 0) is 12.4 Å². The Bertz CT molecular complexity index is 485. The molecule has 1 N–H and O–H groups in total. The second kappa shape index (κ2) is 6.03. The number of aromatic nitrogens is 1. The minimum atomic E-state index is 0.511. The maximum Gasteiger partial charge on any atom is 0.0595 e. The third-order valence-corrected chi connectivity index (χ3v) is 3.17. The summed E-state index contributed by atoms with van der Waals surface area (Å²) in [5.41, 5.74) is 3.16. The van der Waals surface area contributed by atoms with Gasteiger partial charge in [-0.3, -0.25) is 4.98 Å². The third-order valence-electron chi connectivity index (χ3n) is 2.41. The molecule has 1 aromatic carbocycles. The number of nitrogens with zero attached hydrogens (tertiary/aromatic N) is 1. The van der Waals surface area contributed by atoms with E-state index in [4.69, 9.17) is 11.6 Å². The quantitative estimate of drug-likeness (QED) is 0.856. The lowest BCUT2D eigenvalue weighted by atomic mass is 10.2. The lowest BCUT2D eigenvalue weighted by Crippen LogP contribution is -2.03. The first kappa shape index (κ1) is 12.4. The molecule has 1 heterocycles. The fourth-order valence-electron chi connectivity index (χ4n) is 1.51. The van der Waals surface area contributed by atoms with Crippen molar-refractivity contribution in [2.75, 3.05) is 5.32 Å². The molecule has 2 aromatic rings. The molecular formula is C13H12BrClN2. The predicted octanol–water partition coefficient (Wildman–Crippen LogP) is 4.20. The van der Waals surface area contributed by atoms with Crippen LogP contribution in [-0.4, -0.2) is 4.98 Å². The largest absolute Gasteiger partial charge is 0.379 e. The Kier molecular flexibility index (Phi) is 4.40. The van der Waals surface area contributed by atoms with Gasteiger partial charge < -0.3 is 5.32 Å². The molecule has 0 spiro atoms. The molecule has 0 saturated heterocycles. The zero-order chi connectivity index (χ0) is 12.1. The summed E-state index contributed by atoms with van der Waals surface area (Å²) >= 11 is 9.24. The number of rotatable bonds is 4. The highest BCUT2D eigenvalue weighted by atomic mass is 79.9. The lowest BCUT2D eigenvalue weighted by Gasteiger charge is -2.09. The molecule has 0 atom stereocenters. The van der Waals surface area contributed by atoms with Crippen molar-refractivity contribution in [1.29, 1.82) is 0 Å². The smallest absolute Gasteiger partial charge is 0.0595 e. The Balaban J connectivity index is 2.04. The van der Waals surface area contributed by atoms with Gasteiger partial charge in [0.1, 0.15) is 0 Å². The number of halogens is 2. The van der Waals surface area contributed by atoms with Gasteiger partial charge in [-0.25, -0.2) is 0 Å². The van der Waals surface area contributed by atoms with Crippen molar-refractivity contribution in [2.45, 2.75) is 12.4 Å². The molecule has 17 heavy (non-hydrogen) atoms. The number of hydrogen-bond acceptors (Lipinski definition) is 2. The van der Waals surface area contributed by atoms with Gasteiger partial charge in [-0.1, -0.05) is 18.2 Å². The highest BCUT2D eigenvalue weighted by molar-refractivity contribution is 9.10. The summed E-state index contributed by atoms with van der Waals surface area (Å²) in [6.07, 6.45) is 1.80. The summed E-state index contributed by atoms with van der Waals surface area (Å²) in [5, 5.41) is 3.34. The van der Waals surface area contributed by atoms with Crippen molar-refractivity contribution in [3.8, 4) is 0 Å². The van der Waals surface area contributed by atoms with Crippen LogP contribution in [0.5, 0.6) is 0 Å². The SMILES string of the molecule is ClCc1ccccc1NCc1ccc(Br)cn1. The molecule has 0 aliphatic carbocycles. The van der Waals surface area contributed by atoms with E-state index in [-0.39, 0.29) is 0 Å². The topological polar surface area (TPSA) is 24.9 Å². The minimum Gasteiger partial charge on any atom is -0.379 e. The lowest BCUT2D eigenvalue weighted by molar-refractivity contribution is 1.04. The second-order valence-electron chi connectivity index (χ2n) is 3.61. The maximum absolute atomic E-state index is 5.87. The molecule has 0 aliphatic heterocycles. The fraction of sp³-hybridized carbons (Fsp3) is 0.154. The van der Waals surface area contributed by atoms with Crippen LogP contribution in [0.1, 0.15) is 11.3 Å². The number of para-hydroxylation sites is 1. The number of hydrogen-bond donors (Lipinski definition) is 1. The van der Waals surface area contributed by atoms with E-state index in [9.17, 15) is 0 Å². The van der Waals surface area contributed by atoms with Crippen molar-refractivity contribution in [2.24, 2.45) is 0 Å². The number of nitrogens with one attached hydrogen (secondary N) is 1. The van der Waals surface area contributed by atoms with Crippen molar-refractivity contribution >= 4 is 33.2 Å². The summed E-state index contributed by atoms with van der Waals surface area (Å²) in [6.45, 7) is 0.696. The summed E-state index contributed by atoms with van der Waals surface area (Å²) < 4.78 is 0.988. The summed E-state index contributed by atoms with van der Waals surface area (Å²) in [5.74, 6) is 0.511. The minimum absolute atomic E-state index is 0.511. The van der Waals surface area contributed by atoms with E-state index in [1.54, 1.807) is 6.20 Å². The first-order valence-electron chi connectivity index (χ1n) is 5.28. The molecule has 2 nitrogen and oxygen atoms in total. The van der Waals surface area contributed by atoms with Gasteiger partial charge >= 0.3 is 0 Å². The fourth-order valence-corrected chi connectivity index (χ4v) is 1.97. The number of benzene rings is 1. The summed E-state index contributed by atoms with van der Waals surface area (Å²) in [7, 11) is 0. The summed E-state index contributed by atoms with van der Waals surface area (Å²) in [4.78, 5) is 4.31. The zero-order valence-electron chi connectivity index (χ0n) is 9.16. The predicted molar refractivity (Wildman–Crippen MR) is 75.3 cm³/mol. The van der Waals surface area contributed by atoms with Gasteiger partial charge in [0.15, 0.2) is 0 Å². The number of anilines is 1. The summed E-state index contributed by atoms with van der Waals surface area (Å²) in [6, 6.07) is 12.0. The average Bonchev–Trinajstić information content (AvgIpc) is 2.38. The van der Waals surface area contributed by atoms with Crippen molar-refractivity contribution in [1.82, 2.24) is 4.98 Å². The van der Waals surface area contributed by atoms with Crippen molar-refractivity contribution < 1.29 is 0 Å².